The zero-order chi connectivity index (χ0) is 31.7. The topological polar surface area (TPSA) is 105 Å². The summed E-state index contributed by atoms with van der Waals surface area (Å²) in [5.41, 5.74) is 3.04. The number of rotatable bonds is 17. The molecule has 236 valence electrons. The van der Waals surface area contributed by atoms with Gasteiger partial charge in [0.05, 0.1) is 32.1 Å². The van der Waals surface area contributed by atoms with Crippen LogP contribution in [0.4, 0.5) is 0 Å². The van der Waals surface area contributed by atoms with Crippen LogP contribution in [0.1, 0.15) is 44.4 Å². The van der Waals surface area contributed by atoms with Crippen molar-refractivity contribution in [3.8, 4) is 5.75 Å². The molecule has 0 unspecified atom stereocenters. The number of hydrogen-bond acceptors (Lipinski definition) is 11. The Labute approximate surface area is 268 Å². The number of thioether (sulfide) groups is 1. The maximum absolute atomic E-state index is 13.4. The van der Waals surface area contributed by atoms with Gasteiger partial charge in [-0.15, -0.1) is 10.2 Å². The van der Waals surface area contributed by atoms with Gasteiger partial charge in [-0.05, 0) is 51.5 Å². The number of benzene rings is 3. The van der Waals surface area contributed by atoms with Crippen LogP contribution in [0.3, 0.4) is 0 Å². The fourth-order valence-electron chi connectivity index (χ4n) is 3.58. The number of para-hydroxylation sites is 1. The summed E-state index contributed by atoms with van der Waals surface area (Å²) in [5.74, 6) is 0.912. The summed E-state index contributed by atoms with van der Waals surface area (Å²) in [6.45, 7) is 4.23. The van der Waals surface area contributed by atoms with E-state index in [2.05, 4.69) is 10.2 Å². The van der Waals surface area contributed by atoms with Crippen LogP contribution in [-0.4, -0.2) is 36.5 Å². The molecule has 0 N–H and O–H groups in total. The third kappa shape index (κ3) is 12.1. The number of phosphoric acid groups is 1. The van der Waals surface area contributed by atoms with Crippen LogP contribution in [0.25, 0.3) is 6.08 Å². The van der Waals surface area contributed by atoms with E-state index in [0.717, 1.165) is 22.5 Å². The Kier molecular flexibility index (Phi) is 15.7. The molecule has 3 rings (SSSR count). The largest absolute Gasteiger partial charge is 0.530 e. The van der Waals surface area contributed by atoms with Crippen molar-refractivity contribution in [3.63, 3.8) is 0 Å². The molecule has 9 nitrogen and oxygen atoms in total. The van der Waals surface area contributed by atoms with E-state index < -0.39 is 14.6 Å². The molecule has 0 aliphatic heterocycles. The lowest BCUT2D eigenvalue weighted by Gasteiger charge is -2.18. The lowest BCUT2D eigenvalue weighted by molar-refractivity contribution is 0.167. The molecule has 0 aromatic heterocycles. The Balaban J connectivity index is 2.01. The second kappa shape index (κ2) is 19.1. The molecule has 0 aliphatic rings. The van der Waals surface area contributed by atoms with Crippen molar-refractivity contribution in [3.05, 3.63) is 108 Å². The van der Waals surface area contributed by atoms with E-state index in [-0.39, 0.29) is 26.4 Å². The maximum Gasteiger partial charge on any atom is 0.530 e. The summed E-state index contributed by atoms with van der Waals surface area (Å²) in [6, 6.07) is 26.6. The molecule has 3 aromatic carbocycles. The maximum atomic E-state index is 13.4. The molecular formula is C31H38N2O7P2S2. The second-order valence-corrected chi connectivity index (χ2v) is 15.3. The minimum atomic E-state index is -3.81. The van der Waals surface area contributed by atoms with E-state index in [1.807, 2.05) is 72.8 Å². The predicted octanol–water partition coefficient (Wildman–Crippen LogP) is 9.87. The van der Waals surface area contributed by atoms with Crippen LogP contribution < -0.4 is 4.52 Å². The fraction of sp³-hybridized carbons (Fsp3) is 0.290. The van der Waals surface area contributed by atoms with Crippen molar-refractivity contribution < 1.29 is 31.7 Å². The van der Waals surface area contributed by atoms with Crippen LogP contribution in [0, 0.1) is 0 Å². The second-order valence-electron chi connectivity index (χ2n) is 8.61. The number of allylic oxidation sites excluding steroid dienone is 1. The van der Waals surface area contributed by atoms with Gasteiger partial charge in [-0.1, -0.05) is 90.6 Å². The summed E-state index contributed by atoms with van der Waals surface area (Å²) in [6.07, 6.45) is 3.57. The van der Waals surface area contributed by atoms with Gasteiger partial charge in [0.15, 0.2) is 4.38 Å². The van der Waals surface area contributed by atoms with Gasteiger partial charge in [0, 0.05) is 28.3 Å². The van der Waals surface area contributed by atoms with Gasteiger partial charge in [0.2, 0.25) is 0 Å². The van der Waals surface area contributed by atoms with E-state index in [4.69, 9.17) is 22.6 Å². The van der Waals surface area contributed by atoms with Crippen LogP contribution >= 0.6 is 37.8 Å². The predicted molar refractivity (Wildman–Crippen MR) is 184 cm³/mol. The lowest BCUT2D eigenvalue weighted by atomic mass is 10.1. The SMILES string of the molecule is CCOP(=O)(OCC)Oc1ccccc1/C=C/C(=N\N=C(/SCc1ccccc1)SP(=O)(OCC)OCC)c1ccccc1. The first-order chi connectivity index (χ1) is 21.3. The highest BCUT2D eigenvalue weighted by Crippen LogP contribution is 2.62. The molecule has 0 atom stereocenters. The highest BCUT2D eigenvalue weighted by atomic mass is 32.7. The molecule has 13 heteroatoms. The van der Waals surface area contributed by atoms with E-state index >= 15 is 0 Å². The molecule has 0 heterocycles. The highest BCUT2D eigenvalue weighted by molar-refractivity contribution is 8.69. The quantitative estimate of drug-likeness (QED) is 0.0598. The number of phosphoric ester groups is 1. The van der Waals surface area contributed by atoms with Crippen molar-refractivity contribution in [2.75, 3.05) is 26.4 Å². The van der Waals surface area contributed by atoms with Gasteiger partial charge in [-0.3, -0.25) is 9.05 Å². The van der Waals surface area contributed by atoms with E-state index in [1.165, 1.54) is 11.8 Å². The average molecular weight is 677 g/mol. The minimum Gasteiger partial charge on any atom is -0.403 e. The first kappa shape index (κ1) is 36.0. The first-order valence-electron chi connectivity index (χ1n) is 14.2. The molecule has 0 spiro atoms. The number of hydrogen-bond donors (Lipinski definition) is 0. The molecule has 0 radical (unpaired) electrons. The van der Waals surface area contributed by atoms with Crippen molar-refractivity contribution >= 4 is 53.9 Å². The zero-order valence-corrected chi connectivity index (χ0v) is 28.7. The Bertz CT molecular complexity index is 1470. The molecule has 44 heavy (non-hydrogen) atoms. The Morgan fingerprint density at radius 2 is 1.30 bits per heavy atom. The van der Waals surface area contributed by atoms with E-state index in [0.29, 0.717) is 27.2 Å². The third-order valence-electron chi connectivity index (χ3n) is 5.40. The molecule has 0 amide bonds. The smallest absolute Gasteiger partial charge is 0.403 e. The molecule has 3 aromatic rings. The average Bonchev–Trinajstić information content (AvgIpc) is 3.01. The van der Waals surface area contributed by atoms with Gasteiger partial charge >= 0.3 is 14.6 Å². The van der Waals surface area contributed by atoms with Crippen molar-refractivity contribution in [2.24, 2.45) is 10.2 Å². The summed E-state index contributed by atoms with van der Waals surface area (Å²) < 4.78 is 54.3. The van der Waals surface area contributed by atoms with Gasteiger partial charge in [0.25, 0.3) is 0 Å². The summed E-state index contributed by atoms with van der Waals surface area (Å²) >= 11 is 2.34. The van der Waals surface area contributed by atoms with E-state index in [1.54, 1.807) is 52.0 Å². The number of nitrogens with zero attached hydrogens (tertiary/aromatic N) is 2. The Morgan fingerprint density at radius 3 is 1.91 bits per heavy atom. The van der Waals surface area contributed by atoms with Crippen molar-refractivity contribution in [2.45, 2.75) is 33.4 Å². The first-order valence-corrected chi connectivity index (χ1v) is 19.6. The van der Waals surface area contributed by atoms with Gasteiger partial charge in [0.1, 0.15) is 5.75 Å². The fourth-order valence-corrected chi connectivity index (χ4v) is 9.78. The molecule has 0 aliphatic carbocycles. The van der Waals surface area contributed by atoms with E-state index in [9.17, 15) is 9.13 Å². The highest BCUT2D eigenvalue weighted by Gasteiger charge is 2.29. The molecule has 0 fully saturated rings. The molecule has 0 bridgehead atoms. The normalized spacial score (nSPS) is 13.0. The summed E-state index contributed by atoms with van der Waals surface area (Å²) in [7, 11) is -3.81. The molecule has 0 saturated heterocycles. The van der Waals surface area contributed by atoms with Crippen LogP contribution in [0.5, 0.6) is 5.75 Å². The lowest BCUT2D eigenvalue weighted by Crippen LogP contribution is -2.03. The van der Waals surface area contributed by atoms with Crippen LogP contribution in [0.2, 0.25) is 0 Å². The van der Waals surface area contributed by atoms with Gasteiger partial charge < -0.3 is 13.6 Å². The Hall–Kier alpha value is -2.46. The van der Waals surface area contributed by atoms with Crippen molar-refractivity contribution in [1.82, 2.24) is 0 Å². The van der Waals surface area contributed by atoms with Crippen LogP contribution in [0.15, 0.2) is 101 Å². The Morgan fingerprint density at radius 1 is 0.727 bits per heavy atom. The van der Waals surface area contributed by atoms with Crippen LogP contribution in [-0.2, 0) is 33.0 Å². The standard InChI is InChI=1S/C31H38N2O7P2S2/c1-5-36-41(34,37-6-2)40-30-22-16-15-21-28(30)23-24-29(27-19-13-10-14-20-27)32-33-31(43-25-26-17-11-9-12-18-26)44-42(35,38-7-3)39-8-4/h9-24H,5-8,25H2,1-4H3/b24-23+,32-29+,33-31+. The van der Waals surface area contributed by atoms with Crippen molar-refractivity contribution in [1.29, 1.82) is 0 Å². The monoisotopic (exact) mass is 676 g/mol. The zero-order valence-electron chi connectivity index (χ0n) is 25.2. The molecular weight excluding hydrogens is 638 g/mol. The summed E-state index contributed by atoms with van der Waals surface area (Å²) in [4.78, 5) is 0. The summed E-state index contributed by atoms with van der Waals surface area (Å²) in [5, 5.41) is 9.13. The van der Waals surface area contributed by atoms with Gasteiger partial charge in [-0.2, -0.15) is 0 Å². The third-order valence-corrected chi connectivity index (χ3v) is 12.2. The minimum absolute atomic E-state index is 0.167. The molecule has 0 saturated carbocycles. The van der Waals surface area contributed by atoms with Gasteiger partial charge in [-0.25, -0.2) is 9.13 Å².